The van der Waals surface area contributed by atoms with E-state index in [2.05, 4.69) is 24.1 Å². The molecule has 2 unspecified atom stereocenters. The molecule has 1 fully saturated rings. The van der Waals surface area contributed by atoms with Gasteiger partial charge in [0.05, 0.1) is 12.1 Å². The maximum Gasteiger partial charge on any atom is 0.252 e. The maximum atomic E-state index is 12.0. The van der Waals surface area contributed by atoms with E-state index in [-0.39, 0.29) is 5.91 Å². The smallest absolute Gasteiger partial charge is 0.252 e. The fourth-order valence-electron chi connectivity index (χ4n) is 1.71. The number of nitrogens with one attached hydrogen (secondary N) is 1. The third-order valence-corrected chi connectivity index (χ3v) is 2.92. The molecule has 17 heavy (non-hydrogen) atoms. The first-order valence-electron chi connectivity index (χ1n) is 5.81. The summed E-state index contributed by atoms with van der Waals surface area (Å²) in [5.41, 5.74) is 6.71. The molecule has 1 amide bonds. The fourth-order valence-corrected chi connectivity index (χ4v) is 1.71. The van der Waals surface area contributed by atoms with Gasteiger partial charge in [-0.25, -0.2) is 0 Å². The van der Waals surface area contributed by atoms with Crippen LogP contribution in [0, 0.1) is 17.8 Å². The SMILES string of the molecule is CC1CC1NC(=O)c1ccccc1C#CCN. The van der Waals surface area contributed by atoms with Gasteiger partial charge in [-0.15, -0.1) is 0 Å². The van der Waals surface area contributed by atoms with Crippen molar-refractivity contribution < 1.29 is 4.79 Å². The lowest BCUT2D eigenvalue weighted by molar-refractivity contribution is 0.0949. The van der Waals surface area contributed by atoms with E-state index in [4.69, 9.17) is 5.73 Å². The Hall–Kier alpha value is -1.79. The van der Waals surface area contributed by atoms with Crippen LogP contribution in [0.15, 0.2) is 24.3 Å². The van der Waals surface area contributed by atoms with Crippen LogP contribution in [-0.4, -0.2) is 18.5 Å². The Bertz CT molecular complexity index is 484. The van der Waals surface area contributed by atoms with E-state index in [0.717, 1.165) is 12.0 Å². The molecule has 3 N–H and O–H groups in total. The predicted molar refractivity (Wildman–Crippen MR) is 67.4 cm³/mol. The van der Waals surface area contributed by atoms with Gasteiger partial charge in [-0.05, 0) is 24.5 Å². The molecule has 1 aliphatic rings. The van der Waals surface area contributed by atoms with Crippen LogP contribution in [0.4, 0.5) is 0 Å². The second-order valence-corrected chi connectivity index (χ2v) is 4.34. The van der Waals surface area contributed by atoms with Crippen molar-refractivity contribution >= 4 is 5.91 Å². The first-order valence-corrected chi connectivity index (χ1v) is 5.81. The summed E-state index contributed by atoms with van der Waals surface area (Å²) in [7, 11) is 0. The van der Waals surface area contributed by atoms with Gasteiger partial charge in [0.15, 0.2) is 0 Å². The molecule has 1 saturated carbocycles. The normalized spacial score (nSPS) is 21.3. The van der Waals surface area contributed by atoms with Gasteiger partial charge in [0.1, 0.15) is 0 Å². The minimum Gasteiger partial charge on any atom is -0.349 e. The summed E-state index contributed by atoms with van der Waals surface area (Å²) >= 11 is 0. The van der Waals surface area contributed by atoms with Gasteiger partial charge >= 0.3 is 0 Å². The molecule has 0 bridgehead atoms. The lowest BCUT2D eigenvalue weighted by Gasteiger charge is -2.05. The van der Waals surface area contributed by atoms with Gasteiger partial charge < -0.3 is 11.1 Å². The average molecular weight is 228 g/mol. The quantitative estimate of drug-likeness (QED) is 0.746. The topological polar surface area (TPSA) is 55.1 Å². The maximum absolute atomic E-state index is 12.0. The molecule has 0 spiro atoms. The van der Waals surface area contributed by atoms with E-state index < -0.39 is 0 Å². The van der Waals surface area contributed by atoms with Crippen LogP contribution in [0.1, 0.15) is 29.3 Å². The standard InChI is InChI=1S/C14H16N2O/c1-10-9-13(10)16-14(17)12-7-3-2-5-11(12)6-4-8-15/h2-3,5,7,10,13H,8-9,15H2,1H3,(H,16,17). The summed E-state index contributed by atoms with van der Waals surface area (Å²) in [5, 5.41) is 3.00. The van der Waals surface area contributed by atoms with Crippen molar-refractivity contribution in [1.82, 2.24) is 5.32 Å². The lowest BCUT2D eigenvalue weighted by Crippen LogP contribution is -2.27. The summed E-state index contributed by atoms with van der Waals surface area (Å²) in [6.07, 6.45) is 1.07. The molecule has 1 aromatic carbocycles. The monoisotopic (exact) mass is 228 g/mol. The van der Waals surface area contributed by atoms with Gasteiger partial charge in [-0.3, -0.25) is 4.79 Å². The zero-order valence-corrected chi connectivity index (χ0v) is 9.86. The van der Waals surface area contributed by atoms with Crippen LogP contribution in [0.3, 0.4) is 0 Å². The molecule has 1 aromatic rings. The number of hydrogen-bond donors (Lipinski definition) is 2. The molecule has 0 aliphatic heterocycles. The van der Waals surface area contributed by atoms with Crippen LogP contribution >= 0.6 is 0 Å². The summed E-state index contributed by atoms with van der Waals surface area (Å²) in [6.45, 7) is 2.43. The minimum atomic E-state index is -0.0405. The lowest BCUT2D eigenvalue weighted by atomic mass is 10.1. The van der Waals surface area contributed by atoms with Crippen molar-refractivity contribution in [1.29, 1.82) is 0 Å². The molecule has 0 aromatic heterocycles. The van der Waals surface area contributed by atoms with E-state index in [1.54, 1.807) is 6.07 Å². The highest BCUT2D eigenvalue weighted by Crippen LogP contribution is 2.29. The van der Waals surface area contributed by atoms with E-state index in [0.29, 0.717) is 24.1 Å². The summed E-state index contributed by atoms with van der Waals surface area (Å²) < 4.78 is 0. The van der Waals surface area contributed by atoms with Crippen molar-refractivity contribution in [3.63, 3.8) is 0 Å². The largest absolute Gasteiger partial charge is 0.349 e. The average Bonchev–Trinajstić information content (AvgIpc) is 3.02. The number of nitrogens with two attached hydrogens (primary N) is 1. The van der Waals surface area contributed by atoms with Crippen LogP contribution in [0.5, 0.6) is 0 Å². The Kier molecular flexibility index (Phi) is 3.46. The Morgan fingerprint density at radius 1 is 1.53 bits per heavy atom. The highest BCUT2D eigenvalue weighted by atomic mass is 16.1. The predicted octanol–water partition coefficient (Wildman–Crippen LogP) is 1.14. The Morgan fingerprint density at radius 2 is 2.24 bits per heavy atom. The van der Waals surface area contributed by atoms with E-state index in [1.807, 2.05) is 18.2 Å². The molecule has 1 aliphatic carbocycles. The molecular formula is C14H16N2O. The summed E-state index contributed by atoms with van der Waals surface area (Å²) in [5.74, 6) is 6.26. The zero-order chi connectivity index (χ0) is 12.3. The van der Waals surface area contributed by atoms with E-state index >= 15 is 0 Å². The number of rotatable bonds is 2. The Morgan fingerprint density at radius 3 is 2.88 bits per heavy atom. The summed E-state index contributed by atoms with van der Waals surface area (Å²) in [6, 6.07) is 7.69. The number of benzene rings is 1. The van der Waals surface area contributed by atoms with Gasteiger partial charge in [0.25, 0.3) is 5.91 Å². The Balaban J connectivity index is 2.16. The molecule has 2 rings (SSSR count). The number of amides is 1. The van der Waals surface area contributed by atoms with Crippen LogP contribution in [0.25, 0.3) is 0 Å². The molecular weight excluding hydrogens is 212 g/mol. The van der Waals surface area contributed by atoms with Crippen molar-refractivity contribution in [3.8, 4) is 11.8 Å². The van der Waals surface area contributed by atoms with Crippen molar-refractivity contribution in [3.05, 3.63) is 35.4 Å². The Labute approximate surface area is 101 Å². The van der Waals surface area contributed by atoms with Gasteiger partial charge in [0, 0.05) is 11.6 Å². The zero-order valence-electron chi connectivity index (χ0n) is 9.86. The number of hydrogen-bond acceptors (Lipinski definition) is 2. The van der Waals surface area contributed by atoms with Crippen LogP contribution < -0.4 is 11.1 Å². The minimum absolute atomic E-state index is 0.0405. The summed E-state index contributed by atoms with van der Waals surface area (Å²) in [4.78, 5) is 12.0. The fraction of sp³-hybridized carbons (Fsp3) is 0.357. The molecule has 0 radical (unpaired) electrons. The van der Waals surface area contributed by atoms with Gasteiger partial charge in [-0.2, -0.15) is 0 Å². The molecule has 0 heterocycles. The third kappa shape index (κ3) is 2.86. The first kappa shape index (κ1) is 11.7. The number of carbonyl (C=O) groups excluding carboxylic acids is 1. The molecule has 2 atom stereocenters. The molecule has 88 valence electrons. The second kappa shape index (κ2) is 5.03. The molecule has 3 nitrogen and oxygen atoms in total. The van der Waals surface area contributed by atoms with E-state index in [9.17, 15) is 4.79 Å². The van der Waals surface area contributed by atoms with Crippen LogP contribution in [-0.2, 0) is 0 Å². The third-order valence-electron chi connectivity index (χ3n) is 2.92. The number of carbonyl (C=O) groups is 1. The second-order valence-electron chi connectivity index (χ2n) is 4.34. The molecule has 0 saturated heterocycles. The van der Waals surface area contributed by atoms with Gasteiger partial charge in [-0.1, -0.05) is 30.9 Å². The van der Waals surface area contributed by atoms with Crippen molar-refractivity contribution in [2.24, 2.45) is 11.7 Å². The van der Waals surface area contributed by atoms with Gasteiger partial charge in [0.2, 0.25) is 0 Å². The molecule has 3 heteroatoms. The first-order chi connectivity index (χ1) is 8.22. The highest BCUT2D eigenvalue weighted by molar-refractivity contribution is 5.97. The van der Waals surface area contributed by atoms with Crippen molar-refractivity contribution in [2.45, 2.75) is 19.4 Å². The van der Waals surface area contributed by atoms with E-state index in [1.165, 1.54) is 0 Å². The van der Waals surface area contributed by atoms with Crippen molar-refractivity contribution in [2.75, 3.05) is 6.54 Å². The highest BCUT2D eigenvalue weighted by Gasteiger charge is 2.34. The van der Waals surface area contributed by atoms with Crippen LogP contribution in [0.2, 0.25) is 0 Å².